The summed E-state index contributed by atoms with van der Waals surface area (Å²) in [5.74, 6) is 0.637. The molecule has 1 atom stereocenters. The lowest BCUT2D eigenvalue weighted by atomic mass is 10.2. The SMILES string of the molecule is CC(C)Oc1ccc(S(N)=O)cc1Nc1nc(-c2ccnc(Cl)c2)cs1. The molecular weight excluding hydrogens is 392 g/mol. The maximum atomic E-state index is 11.6. The molecule has 3 N–H and O–H groups in total. The number of pyridine rings is 1. The largest absolute Gasteiger partial charge is 0.489 e. The van der Waals surface area contributed by atoms with Gasteiger partial charge in [0.2, 0.25) is 0 Å². The second kappa shape index (κ2) is 8.13. The van der Waals surface area contributed by atoms with E-state index in [4.69, 9.17) is 21.5 Å². The molecule has 2 aromatic heterocycles. The van der Waals surface area contributed by atoms with Crippen LogP contribution >= 0.6 is 22.9 Å². The molecule has 0 amide bonds. The molecule has 0 aliphatic rings. The standard InChI is InChI=1S/C17H17ClN4O2S2/c1-10(2)24-15-4-3-12(26(19)23)8-13(15)21-17-22-14(9-25-17)11-5-6-20-16(18)7-11/h3-10H,19H2,1-2H3,(H,21,22). The predicted octanol–water partition coefficient (Wildman–Crippen LogP) is 4.37. The molecule has 6 nitrogen and oxygen atoms in total. The minimum absolute atomic E-state index is 0.00408. The van der Waals surface area contributed by atoms with Gasteiger partial charge in [0.05, 0.1) is 22.4 Å². The monoisotopic (exact) mass is 408 g/mol. The van der Waals surface area contributed by atoms with Crippen LogP contribution in [0.4, 0.5) is 10.8 Å². The number of rotatable bonds is 6. The molecule has 0 saturated heterocycles. The van der Waals surface area contributed by atoms with Gasteiger partial charge in [-0.25, -0.2) is 19.3 Å². The van der Waals surface area contributed by atoms with E-state index in [9.17, 15) is 4.21 Å². The van der Waals surface area contributed by atoms with Crippen LogP contribution in [0.5, 0.6) is 5.75 Å². The number of hydrogen-bond acceptors (Lipinski definition) is 6. The number of nitrogens with two attached hydrogens (primary N) is 1. The lowest BCUT2D eigenvalue weighted by molar-refractivity contribution is 0.243. The van der Waals surface area contributed by atoms with Gasteiger partial charge in [0.15, 0.2) is 5.13 Å². The Morgan fingerprint density at radius 1 is 1.31 bits per heavy atom. The zero-order valence-electron chi connectivity index (χ0n) is 14.1. The van der Waals surface area contributed by atoms with Gasteiger partial charge in [0, 0.05) is 17.1 Å². The van der Waals surface area contributed by atoms with E-state index in [0.717, 1.165) is 11.3 Å². The van der Waals surface area contributed by atoms with Gasteiger partial charge in [-0.05, 0) is 44.2 Å². The molecule has 1 aromatic carbocycles. The number of ether oxygens (including phenoxy) is 1. The Morgan fingerprint density at radius 3 is 2.81 bits per heavy atom. The van der Waals surface area contributed by atoms with Crippen LogP contribution in [-0.2, 0) is 11.0 Å². The van der Waals surface area contributed by atoms with Crippen molar-refractivity contribution in [2.75, 3.05) is 5.32 Å². The van der Waals surface area contributed by atoms with E-state index >= 15 is 0 Å². The first-order valence-electron chi connectivity index (χ1n) is 7.73. The van der Waals surface area contributed by atoms with Crippen LogP contribution in [0.1, 0.15) is 13.8 Å². The summed E-state index contributed by atoms with van der Waals surface area (Å²) in [6.45, 7) is 3.88. The number of aromatic nitrogens is 2. The summed E-state index contributed by atoms with van der Waals surface area (Å²) in [6, 6.07) is 8.74. The fraction of sp³-hybridized carbons (Fsp3) is 0.176. The van der Waals surface area contributed by atoms with Gasteiger partial charge in [-0.2, -0.15) is 0 Å². The Kier molecular flexibility index (Phi) is 5.87. The molecule has 2 heterocycles. The topological polar surface area (TPSA) is 90.1 Å². The van der Waals surface area contributed by atoms with E-state index in [0.29, 0.717) is 26.6 Å². The lowest BCUT2D eigenvalue weighted by Crippen LogP contribution is -2.09. The number of anilines is 2. The van der Waals surface area contributed by atoms with Crippen molar-refractivity contribution in [3.63, 3.8) is 0 Å². The highest BCUT2D eigenvalue weighted by molar-refractivity contribution is 7.82. The first kappa shape index (κ1) is 18.8. The van der Waals surface area contributed by atoms with Gasteiger partial charge >= 0.3 is 0 Å². The number of halogens is 1. The second-order valence-corrected chi connectivity index (χ2v) is 7.96. The molecule has 0 aliphatic heterocycles. The minimum atomic E-state index is -1.58. The van der Waals surface area contributed by atoms with Crippen LogP contribution in [0.25, 0.3) is 11.3 Å². The van der Waals surface area contributed by atoms with E-state index in [2.05, 4.69) is 15.3 Å². The highest BCUT2D eigenvalue weighted by Crippen LogP contribution is 2.33. The fourth-order valence-electron chi connectivity index (χ4n) is 2.23. The molecular formula is C17H17ClN4O2S2. The Hall–Kier alpha value is -2.00. The van der Waals surface area contributed by atoms with Crippen molar-refractivity contribution in [1.29, 1.82) is 0 Å². The number of nitrogens with one attached hydrogen (secondary N) is 1. The van der Waals surface area contributed by atoms with Gasteiger partial charge in [-0.1, -0.05) is 11.6 Å². The van der Waals surface area contributed by atoms with Gasteiger partial charge in [-0.3, -0.25) is 0 Å². The van der Waals surface area contributed by atoms with Crippen molar-refractivity contribution in [3.8, 4) is 17.0 Å². The first-order chi connectivity index (χ1) is 12.4. The molecule has 0 aliphatic carbocycles. The van der Waals surface area contributed by atoms with Gasteiger partial charge in [0.1, 0.15) is 21.9 Å². The van der Waals surface area contributed by atoms with Gasteiger partial charge < -0.3 is 10.1 Å². The zero-order valence-corrected chi connectivity index (χ0v) is 16.5. The smallest absolute Gasteiger partial charge is 0.187 e. The molecule has 0 fully saturated rings. The van der Waals surface area contributed by atoms with Crippen molar-refractivity contribution in [2.24, 2.45) is 5.14 Å². The maximum Gasteiger partial charge on any atom is 0.187 e. The molecule has 0 spiro atoms. The number of benzene rings is 1. The Bertz CT molecular complexity index is 946. The molecule has 0 radical (unpaired) electrons. The van der Waals surface area contributed by atoms with Crippen LogP contribution in [0.3, 0.4) is 0 Å². The Balaban J connectivity index is 1.90. The summed E-state index contributed by atoms with van der Waals surface area (Å²) >= 11 is 7.38. The molecule has 0 saturated carbocycles. The van der Waals surface area contributed by atoms with Gasteiger partial charge in [0.25, 0.3) is 0 Å². The van der Waals surface area contributed by atoms with E-state index in [1.807, 2.05) is 25.3 Å². The summed E-state index contributed by atoms with van der Waals surface area (Å²) < 4.78 is 17.4. The first-order valence-corrected chi connectivity index (χ1v) is 10.2. The van der Waals surface area contributed by atoms with Crippen LogP contribution in [0, 0.1) is 0 Å². The van der Waals surface area contributed by atoms with Crippen molar-refractivity contribution in [2.45, 2.75) is 24.8 Å². The van der Waals surface area contributed by atoms with Crippen LogP contribution < -0.4 is 15.2 Å². The van der Waals surface area contributed by atoms with Gasteiger partial charge in [-0.15, -0.1) is 11.3 Å². The molecule has 3 aromatic rings. The molecule has 3 rings (SSSR count). The Labute approximate surface area is 163 Å². The highest BCUT2D eigenvalue weighted by atomic mass is 35.5. The highest BCUT2D eigenvalue weighted by Gasteiger charge is 2.12. The number of nitrogens with zero attached hydrogens (tertiary/aromatic N) is 2. The quantitative estimate of drug-likeness (QED) is 0.591. The molecule has 0 bridgehead atoms. The van der Waals surface area contributed by atoms with Crippen LogP contribution in [0.15, 0.2) is 46.8 Å². The molecule has 9 heteroatoms. The molecule has 136 valence electrons. The van der Waals surface area contributed by atoms with E-state index in [1.165, 1.54) is 11.3 Å². The molecule has 1 unspecified atom stereocenters. The van der Waals surface area contributed by atoms with Crippen molar-refractivity contribution >= 4 is 44.7 Å². The summed E-state index contributed by atoms with van der Waals surface area (Å²) in [7, 11) is -1.58. The van der Waals surface area contributed by atoms with Crippen molar-refractivity contribution in [3.05, 3.63) is 47.1 Å². The van der Waals surface area contributed by atoms with Crippen molar-refractivity contribution < 1.29 is 8.95 Å². The predicted molar refractivity (Wildman–Crippen MR) is 106 cm³/mol. The van der Waals surface area contributed by atoms with Crippen LogP contribution in [0.2, 0.25) is 5.15 Å². The summed E-state index contributed by atoms with van der Waals surface area (Å²) in [6.07, 6.45) is 1.63. The van der Waals surface area contributed by atoms with Crippen LogP contribution in [-0.4, -0.2) is 20.3 Å². The fourth-order valence-corrected chi connectivity index (χ4v) is 3.57. The van der Waals surface area contributed by atoms with Crippen molar-refractivity contribution in [1.82, 2.24) is 9.97 Å². The normalized spacial score (nSPS) is 12.2. The van der Waals surface area contributed by atoms with E-state index in [-0.39, 0.29) is 6.10 Å². The third-order valence-electron chi connectivity index (χ3n) is 3.31. The number of hydrogen-bond donors (Lipinski definition) is 2. The third kappa shape index (κ3) is 4.59. The zero-order chi connectivity index (χ0) is 18.7. The maximum absolute atomic E-state index is 11.6. The summed E-state index contributed by atoms with van der Waals surface area (Å²) in [4.78, 5) is 9.04. The summed E-state index contributed by atoms with van der Waals surface area (Å²) in [5, 5.41) is 11.7. The number of thiazole rings is 1. The average Bonchev–Trinajstić information content (AvgIpc) is 3.04. The average molecular weight is 409 g/mol. The van der Waals surface area contributed by atoms with E-state index < -0.39 is 11.0 Å². The second-order valence-electron chi connectivity index (χ2n) is 5.65. The lowest BCUT2D eigenvalue weighted by Gasteiger charge is -2.15. The Morgan fingerprint density at radius 2 is 2.12 bits per heavy atom. The minimum Gasteiger partial charge on any atom is -0.489 e. The third-order valence-corrected chi connectivity index (χ3v) is 5.00. The summed E-state index contributed by atoms with van der Waals surface area (Å²) in [5.41, 5.74) is 2.32. The molecule has 26 heavy (non-hydrogen) atoms. The van der Waals surface area contributed by atoms with E-state index in [1.54, 1.807) is 30.5 Å².